The Balaban J connectivity index is 1.41. The van der Waals surface area contributed by atoms with E-state index < -0.39 is 0 Å². The zero-order chi connectivity index (χ0) is 26.2. The van der Waals surface area contributed by atoms with Gasteiger partial charge in [-0.05, 0) is 52.2 Å². The topological polar surface area (TPSA) is 94.4 Å². The number of hydrogen-bond acceptors (Lipinski definition) is 8. The van der Waals surface area contributed by atoms with Gasteiger partial charge in [-0.2, -0.15) is 19.8 Å². The van der Waals surface area contributed by atoms with Crippen molar-refractivity contribution in [1.29, 1.82) is 0 Å². The van der Waals surface area contributed by atoms with Crippen LogP contribution in [0.5, 0.6) is 0 Å². The minimum absolute atomic E-state index is 0.677. The maximum absolute atomic E-state index is 5.61. The Bertz CT molecular complexity index is 1570. The van der Waals surface area contributed by atoms with Crippen LogP contribution in [-0.2, 0) is 11.3 Å². The van der Waals surface area contributed by atoms with Crippen LogP contribution < -0.4 is 4.90 Å². The molecule has 0 bridgehead atoms. The van der Waals surface area contributed by atoms with Gasteiger partial charge in [0.2, 0.25) is 0 Å². The second-order valence-electron chi connectivity index (χ2n) is 9.90. The third-order valence-electron chi connectivity index (χ3n) is 6.75. The van der Waals surface area contributed by atoms with Crippen molar-refractivity contribution in [2.24, 2.45) is 0 Å². The van der Waals surface area contributed by atoms with Gasteiger partial charge in [0.15, 0.2) is 11.5 Å². The third kappa shape index (κ3) is 4.77. The molecular formula is C27H32N10O. The molecule has 0 N–H and O–H groups in total. The summed E-state index contributed by atoms with van der Waals surface area (Å²) >= 11 is 0. The van der Waals surface area contributed by atoms with Crippen LogP contribution in [0.2, 0.25) is 0 Å². The number of likely N-dealkylation sites (N-methyl/N-ethyl adjacent to an activating group) is 1. The number of aryl methyl sites for hydroxylation is 2. The molecule has 0 aliphatic carbocycles. The molecule has 0 aromatic carbocycles. The largest absolute Gasteiger partial charge is 0.378 e. The molecule has 0 unspecified atom stereocenters. The second kappa shape index (κ2) is 9.99. The van der Waals surface area contributed by atoms with Crippen molar-refractivity contribution < 1.29 is 4.74 Å². The lowest BCUT2D eigenvalue weighted by molar-refractivity contribution is 0.122. The summed E-state index contributed by atoms with van der Waals surface area (Å²) < 4.78 is 11.4. The normalized spacial score (nSPS) is 14.2. The fourth-order valence-corrected chi connectivity index (χ4v) is 4.67. The van der Waals surface area contributed by atoms with E-state index in [1.807, 2.05) is 63.5 Å². The molecule has 6 rings (SSSR count). The van der Waals surface area contributed by atoms with E-state index in [1.54, 1.807) is 0 Å². The first kappa shape index (κ1) is 24.3. The first-order chi connectivity index (χ1) is 18.4. The summed E-state index contributed by atoms with van der Waals surface area (Å²) in [6.45, 7) is 8.73. The molecule has 1 aliphatic heterocycles. The molecule has 1 aliphatic rings. The monoisotopic (exact) mass is 512 g/mol. The molecule has 11 heteroatoms. The summed E-state index contributed by atoms with van der Waals surface area (Å²) in [5, 5.41) is 14.6. The van der Waals surface area contributed by atoms with E-state index in [1.165, 1.54) is 0 Å². The van der Waals surface area contributed by atoms with Crippen molar-refractivity contribution in [3.8, 4) is 28.5 Å². The zero-order valence-corrected chi connectivity index (χ0v) is 22.2. The van der Waals surface area contributed by atoms with Gasteiger partial charge >= 0.3 is 0 Å². The first-order valence-corrected chi connectivity index (χ1v) is 12.9. The number of anilines is 1. The van der Waals surface area contributed by atoms with E-state index in [0.29, 0.717) is 13.2 Å². The highest BCUT2D eigenvalue weighted by Crippen LogP contribution is 2.26. The number of hydrogen-bond donors (Lipinski definition) is 0. The van der Waals surface area contributed by atoms with Gasteiger partial charge in [-0.25, -0.2) is 9.67 Å². The van der Waals surface area contributed by atoms with Crippen LogP contribution in [0.3, 0.4) is 0 Å². The number of aromatic nitrogens is 8. The Hall–Kier alpha value is -4.09. The van der Waals surface area contributed by atoms with E-state index in [4.69, 9.17) is 25.0 Å². The minimum Gasteiger partial charge on any atom is -0.378 e. The summed E-state index contributed by atoms with van der Waals surface area (Å²) in [5.74, 6) is 1.69. The molecule has 6 heterocycles. The van der Waals surface area contributed by atoms with Crippen molar-refractivity contribution in [1.82, 2.24) is 44.0 Å². The Morgan fingerprint density at radius 1 is 0.921 bits per heavy atom. The fraction of sp³-hybridized carbons (Fsp3) is 0.370. The molecule has 0 atom stereocenters. The van der Waals surface area contributed by atoms with Crippen LogP contribution in [0.4, 0.5) is 5.82 Å². The summed E-state index contributed by atoms with van der Waals surface area (Å²) in [4.78, 5) is 13.7. The molecule has 5 aromatic rings. The highest BCUT2D eigenvalue weighted by molar-refractivity contribution is 5.65. The minimum atomic E-state index is 0.677. The van der Waals surface area contributed by atoms with E-state index in [0.717, 1.165) is 77.5 Å². The number of fused-ring (bicyclic) bond motifs is 1. The van der Waals surface area contributed by atoms with Crippen molar-refractivity contribution in [2.45, 2.75) is 20.4 Å². The predicted molar refractivity (Wildman–Crippen MR) is 146 cm³/mol. The van der Waals surface area contributed by atoms with Gasteiger partial charge in [0.25, 0.3) is 0 Å². The number of morpholine rings is 1. The van der Waals surface area contributed by atoms with Crippen molar-refractivity contribution in [2.75, 3.05) is 51.8 Å². The van der Waals surface area contributed by atoms with Gasteiger partial charge in [0.1, 0.15) is 17.2 Å². The Morgan fingerprint density at radius 2 is 1.74 bits per heavy atom. The molecule has 11 nitrogen and oxygen atoms in total. The van der Waals surface area contributed by atoms with E-state index in [9.17, 15) is 0 Å². The molecule has 0 saturated carbocycles. The van der Waals surface area contributed by atoms with E-state index >= 15 is 0 Å². The smallest absolute Gasteiger partial charge is 0.160 e. The van der Waals surface area contributed by atoms with Gasteiger partial charge < -0.3 is 14.5 Å². The maximum atomic E-state index is 5.61. The van der Waals surface area contributed by atoms with Gasteiger partial charge in [-0.1, -0.05) is 0 Å². The molecule has 0 radical (unpaired) electrons. The number of pyridine rings is 1. The van der Waals surface area contributed by atoms with Crippen molar-refractivity contribution in [3.05, 3.63) is 60.2 Å². The van der Waals surface area contributed by atoms with Gasteiger partial charge in [0, 0.05) is 61.1 Å². The van der Waals surface area contributed by atoms with E-state index in [2.05, 4.69) is 41.9 Å². The molecule has 1 saturated heterocycles. The molecule has 0 spiro atoms. The molecule has 38 heavy (non-hydrogen) atoms. The Labute approximate surface area is 221 Å². The number of ether oxygens (including phenoxy) is 1. The summed E-state index contributed by atoms with van der Waals surface area (Å²) in [6.07, 6.45) is 3.75. The molecule has 196 valence electrons. The molecule has 0 amide bonds. The van der Waals surface area contributed by atoms with Crippen LogP contribution >= 0.6 is 0 Å². The van der Waals surface area contributed by atoms with Gasteiger partial charge in [-0.3, -0.25) is 9.67 Å². The first-order valence-electron chi connectivity index (χ1n) is 12.9. The lowest BCUT2D eigenvalue weighted by Crippen LogP contribution is -2.37. The maximum Gasteiger partial charge on any atom is 0.160 e. The highest BCUT2D eigenvalue weighted by Gasteiger charge is 2.20. The second-order valence-corrected chi connectivity index (χ2v) is 9.90. The summed E-state index contributed by atoms with van der Waals surface area (Å²) in [6, 6.07) is 12.1. The molecule has 5 aromatic heterocycles. The average Bonchev–Trinajstić information content (AvgIpc) is 3.65. The van der Waals surface area contributed by atoms with Crippen LogP contribution in [0.15, 0.2) is 48.8 Å². The SMILES string of the molecule is Cc1cc(-c2ccn(-c3cc(N4CCOCC4)n4nc(-c5cc(C)n(CCN(C)C)n5)cc4n3)n2)ccn1. The lowest BCUT2D eigenvalue weighted by Gasteiger charge is -2.29. The Kier molecular flexibility index (Phi) is 6.38. The average molecular weight is 513 g/mol. The van der Waals surface area contributed by atoms with Crippen molar-refractivity contribution in [3.63, 3.8) is 0 Å². The fourth-order valence-electron chi connectivity index (χ4n) is 4.67. The van der Waals surface area contributed by atoms with Gasteiger partial charge in [0.05, 0.1) is 25.5 Å². The van der Waals surface area contributed by atoms with Gasteiger partial charge in [-0.15, -0.1) is 0 Å². The quantitative estimate of drug-likeness (QED) is 0.329. The standard InChI is InChI=1S/C27H32N10O/c1-19-15-21(5-7-28-19)22-6-8-36(30-22)25-18-27(34-11-13-38-14-12-34)37-26(29-25)17-24(32-37)23-16-20(2)35(31-23)10-9-33(3)4/h5-8,15-18H,9-14H2,1-4H3. The predicted octanol–water partition coefficient (Wildman–Crippen LogP) is 2.86. The van der Waals surface area contributed by atoms with E-state index in [-0.39, 0.29) is 0 Å². The summed E-state index contributed by atoms with van der Waals surface area (Å²) in [5.41, 5.74) is 6.35. The number of nitrogens with zero attached hydrogens (tertiary/aromatic N) is 10. The third-order valence-corrected chi connectivity index (χ3v) is 6.75. The molecular weight excluding hydrogens is 480 g/mol. The van der Waals surface area contributed by atoms with Crippen LogP contribution in [-0.4, -0.2) is 91.0 Å². The summed E-state index contributed by atoms with van der Waals surface area (Å²) in [7, 11) is 4.14. The van der Waals surface area contributed by atoms with Crippen LogP contribution in [0.1, 0.15) is 11.4 Å². The number of rotatable bonds is 7. The van der Waals surface area contributed by atoms with Crippen molar-refractivity contribution >= 4 is 11.5 Å². The van der Waals surface area contributed by atoms with Crippen LogP contribution in [0, 0.1) is 13.8 Å². The molecule has 1 fully saturated rings. The van der Waals surface area contributed by atoms with Crippen LogP contribution in [0.25, 0.3) is 34.1 Å². The zero-order valence-electron chi connectivity index (χ0n) is 22.2. The highest BCUT2D eigenvalue weighted by atomic mass is 16.5. The Morgan fingerprint density at radius 3 is 2.53 bits per heavy atom. The lowest BCUT2D eigenvalue weighted by atomic mass is 10.2.